The van der Waals surface area contributed by atoms with Crippen LogP contribution in [0.3, 0.4) is 0 Å². The fourth-order valence-electron chi connectivity index (χ4n) is 4.49. The average Bonchev–Trinajstić information content (AvgIpc) is 3.10. The number of aromatic hydroxyl groups is 2. The van der Waals surface area contributed by atoms with Gasteiger partial charge in [0.1, 0.15) is 11.5 Å². The first-order valence-corrected chi connectivity index (χ1v) is 15.8. The van der Waals surface area contributed by atoms with Crippen LogP contribution in [0.1, 0.15) is 0 Å². The molecule has 0 bridgehead atoms. The summed E-state index contributed by atoms with van der Waals surface area (Å²) < 4.78 is 326. The summed E-state index contributed by atoms with van der Waals surface area (Å²) in [6.45, 7) is 0. The van der Waals surface area contributed by atoms with Gasteiger partial charge in [-0.2, -0.15) is 101 Å². The van der Waals surface area contributed by atoms with Crippen LogP contribution in [0.4, 0.5) is 101 Å². The van der Waals surface area contributed by atoms with Gasteiger partial charge in [-0.25, -0.2) is 4.79 Å². The largest absolute Gasteiger partial charge is 0.508 e. The third-order valence-electron chi connectivity index (χ3n) is 7.77. The lowest BCUT2D eigenvalue weighted by molar-refractivity contribution is -0.477. The molecule has 3 aromatic rings. The van der Waals surface area contributed by atoms with Gasteiger partial charge < -0.3 is 14.4 Å². The van der Waals surface area contributed by atoms with E-state index in [1.807, 2.05) is 0 Å². The lowest BCUT2D eigenvalue weighted by Crippen LogP contribution is -2.78. The van der Waals surface area contributed by atoms with Crippen molar-refractivity contribution in [3.63, 3.8) is 0 Å². The van der Waals surface area contributed by atoms with E-state index >= 15 is 8.78 Å². The summed E-state index contributed by atoms with van der Waals surface area (Å²) in [6.07, 6.45) is -8.18. The number of hydrogen-bond acceptors (Lipinski definition) is 4. The van der Waals surface area contributed by atoms with Crippen molar-refractivity contribution in [2.24, 2.45) is 0 Å². The van der Waals surface area contributed by atoms with Crippen molar-refractivity contribution in [3.05, 3.63) is 78.9 Å². The van der Waals surface area contributed by atoms with Crippen molar-refractivity contribution in [2.75, 3.05) is 0 Å². The van der Waals surface area contributed by atoms with Gasteiger partial charge in [0.05, 0.1) is 0 Å². The highest BCUT2D eigenvalue weighted by Gasteiger charge is 2.99. The first-order valence-electron chi connectivity index (χ1n) is 14.3. The molecule has 0 unspecified atom stereocenters. The third-order valence-corrected chi connectivity index (χ3v) is 11.0. The SMILES string of the molecule is O=C(OS(c1ccccc1)(c1ccc(O)cc1)c1ccc(O)cc1)C(F)(F)C(F)(F)C(F)(F)C(F)(F)C(F)(F)C(F)(F)C(F)(F)C(F)(F)C(F)(F)C(F)(F)C(F)(F)F. The Kier molecular flexibility index (Phi) is 11.6. The van der Waals surface area contributed by atoms with Gasteiger partial charge in [0, 0.05) is 14.7 Å². The average molecular weight is 908 g/mol. The highest BCUT2D eigenvalue weighted by molar-refractivity contribution is 8.30. The van der Waals surface area contributed by atoms with Crippen LogP contribution in [-0.4, -0.2) is 81.6 Å². The van der Waals surface area contributed by atoms with E-state index in [2.05, 4.69) is 4.18 Å². The summed E-state index contributed by atoms with van der Waals surface area (Å²) in [5, 5.41) is 19.4. The number of carbonyl (C=O) groups excluding carboxylic acids is 1. The second kappa shape index (κ2) is 14.0. The molecule has 0 fully saturated rings. The Hall–Kier alpha value is -4.53. The summed E-state index contributed by atoms with van der Waals surface area (Å²) in [6, 6.07) is 10.2. The summed E-state index contributed by atoms with van der Waals surface area (Å²) >= 11 is 0. The molecular weight excluding hydrogens is 893 g/mol. The Balaban J connectivity index is 2.25. The van der Waals surface area contributed by atoms with Gasteiger partial charge in [0.25, 0.3) is 0 Å². The molecule has 0 amide bonds. The van der Waals surface area contributed by atoms with Gasteiger partial charge in [-0.3, -0.25) is 0 Å². The molecule has 0 heterocycles. The summed E-state index contributed by atoms with van der Waals surface area (Å²) in [7, 11) is -4.59. The lowest BCUT2D eigenvalue weighted by atomic mass is 9.85. The van der Waals surface area contributed by atoms with Crippen molar-refractivity contribution in [2.45, 2.75) is 80.1 Å². The molecule has 0 atom stereocenters. The van der Waals surface area contributed by atoms with Gasteiger partial charge in [0.2, 0.25) is 0 Å². The van der Waals surface area contributed by atoms with Crippen LogP contribution in [0.2, 0.25) is 0 Å². The minimum Gasteiger partial charge on any atom is -0.508 e. The van der Waals surface area contributed by atoms with Crippen molar-refractivity contribution >= 4 is 16.3 Å². The van der Waals surface area contributed by atoms with Crippen LogP contribution in [-0.2, 0) is 8.98 Å². The minimum absolute atomic E-state index is 0.627. The Bertz CT molecular complexity index is 1900. The second-order valence-corrected chi connectivity index (χ2v) is 14.2. The standard InChI is InChI=1S/C30H15F23O4S/c31-20(32,19(56)57-58(16-4-2-1-3-5-16,17-10-6-14(54)7-11-17)18-12-8-15(55)9-13-18)21(33,34)22(35,36)23(37,38)24(39,40)25(41,42)26(43,44)27(45,46)28(47,48)29(49,50)30(51,52)53/h1-13,54-55H. The maximum Gasteiger partial charge on any atom is 0.460 e. The Labute approximate surface area is 307 Å². The second-order valence-electron chi connectivity index (χ2n) is 11.5. The van der Waals surface area contributed by atoms with E-state index in [9.17, 15) is 107 Å². The van der Waals surface area contributed by atoms with Crippen molar-refractivity contribution < 1.29 is 120 Å². The van der Waals surface area contributed by atoms with Crippen molar-refractivity contribution in [1.29, 1.82) is 0 Å². The van der Waals surface area contributed by atoms with Crippen molar-refractivity contribution in [3.8, 4) is 11.5 Å². The number of carbonyl (C=O) groups is 1. The summed E-state index contributed by atoms with van der Waals surface area (Å²) in [5.74, 6) is -96.5. The van der Waals surface area contributed by atoms with Gasteiger partial charge in [-0.05, 0) is 71.0 Å². The molecule has 28 heteroatoms. The monoisotopic (exact) mass is 908 g/mol. The molecule has 2 N–H and O–H groups in total. The number of halogens is 23. The number of rotatable bonds is 14. The summed E-state index contributed by atoms with van der Waals surface area (Å²) in [4.78, 5) is 10.8. The number of hydrogen-bond donors (Lipinski definition) is 2. The molecule has 0 aliphatic rings. The third kappa shape index (κ3) is 6.46. The number of phenols is 2. The molecule has 0 saturated carbocycles. The summed E-state index contributed by atoms with van der Waals surface area (Å²) in [5.41, 5.74) is 0. The molecule has 58 heavy (non-hydrogen) atoms. The molecule has 326 valence electrons. The van der Waals surface area contributed by atoms with Crippen LogP contribution in [0.25, 0.3) is 0 Å². The molecule has 0 saturated heterocycles. The first-order chi connectivity index (χ1) is 25.7. The lowest BCUT2D eigenvalue weighted by Gasteiger charge is -2.45. The maximum absolute atomic E-state index is 15.2. The molecule has 4 nitrogen and oxygen atoms in total. The van der Waals surface area contributed by atoms with E-state index in [1.165, 1.54) is 0 Å². The van der Waals surface area contributed by atoms with Crippen LogP contribution in [0.5, 0.6) is 11.5 Å². The zero-order chi connectivity index (χ0) is 45.4. The van der Waals surface area contributed by atoms with Crippen LogP contribution in [0.15, 0.2) is 93.5 Å². The molecular formula is C30H15F23O4S. The molecule has 0 spiro atoms. The predicted molar refractivity (Wildman–Crippen MR) is 147 cm³/mol. The smallest absolute Gasteiger partial charge is 0.460 e. The van der Waals surface area contributed by atoms with Crippen LogP contribution >= 0.6 is 10.3 Å². The van der Waals surface area contributed by atoms with E-state index in [4.69, 9.17) is 0 Å². The van der Waals surface area contributed by atoms with Crippen LogP contribution < -0.4 is 0 Å². The highest BCUT2D eigenvalue weighted by Crippen LogP contribution is 2.71. The number of phenolic OH excluding ortho intramolecular Hbond substituents is 2. The topological polar surface area (TPSA) is 66.8 Å². The van der Waals surface area contributed by atoms with E-state index in [-0.39, 0.29) is 0 Å². The molecule has 3 aromatic carbocycles. The predicted octanol–water partition coefficient (Wildman–Crippen LogP) is 11.8. The normalized spacial score (nSPS) is 15.3. The van der Waals surface area contributed by atoms with Crippen LogP contribution in [0, 0.1) is 0 Å². The number of alkyl halides is 23. The molecule has 0 aromatic heterocycles. The first kappa shape index (κ1) is 47.8. The van der Waals surface area contributed by atoms with Crippen molar-refractivity contribution in [1.82, 2.24) is 0 Å². The van der Waals surface area contributed by atoms with E-state index in [0.29, 0.717) is 48.5 Å². The molecule has 0 radical (unpaired) electrons. The zero-order valence-electron chi connectivity index (χ0n) is 26.8. The maximum atomic E-state index is 15.2. The number of benzene rings is 3. The van der Waals surface area contributed by atoms with Gasteiger partial charge in [0.15, 0.2) is 0 Å². The molecule has 3 rings (SSSR count). The van der Waals surface area contributed by atoms with Gasteiger partial charge >= 0.3 is 71.4 Å². The van der Waals surface area contributed by atoms with E-state index in [0.717, 1.165) is 30.3 Å². The van der Waals surface area contributed by atoms with E-state index in [1.54, 1.807) is 0 Å². The zero-order valence-corrected chi connectivity index (χ0v) is 27.6. The van der Waals surface area contributed by atoms with Gasteiger partial charge in [-0.1, -0.05) is 18.2 Å². The minimum atomic E-state index is -9.60. The van der Waals surface area contributed by atoms with Gasteiger partial charge in [-0.15, -0.1) is 0 Å². The highest BCUT2D eigenvalue weighted by atomic mass is 32.3. The van der Waals surface area contributed by atoms with E-state index < -0.39 is 108 Å². The molecule has 0 aliphatic heterocycles. The Morgan fingerprint density at radius 3 is 0.931 bits per heavy atom. The quantitative estimate of drug-likeness (QED) is 0.158. The fraction of sp³-hybridized carbons (Fsp3) is 0.367. The Morgan fingerprint density at radius 1 is 0.379 bits per heavy atom. The Morgan fingerprint density at radius 2 is 0.638 bits per heavy atom. The fourth-order valence-corrected chi connectivity index (χ4v) is 7.51. The molecule has 0 aliphatic carbocycles.